The molecule has 2 rings (SSSR count). The molecule has 0 amide bonds. The second kappa shape index (κ2) is 5.31. The molecule has 0 bridgehead atoms. The number of aryl methyl sites for hydroxylation is 1. The van der Waals surface area contributed by atoms with Gasteiger partial charge in [-0.15, -0.1) is 0 Å². The van der Waals surface area contributed by atoms with Gasteiger partial charge in [-0.1, -0.05) is 23.7 Å². The fourth-order valence-electron chi connectivity index (χ4n) is 1.79. The molecule has 0 saturated carbocycles. The van der Waals surface area contributed by atoms with Gasteiger partial charge in [-0.3, -0.25) is 5.84 Å². The molecular formula is C12H15ClN4. The van der Waals surface area contributed by atoms with Crippen LogP contribution in [-0.2, 0) is 13.5 Å². The van der Waals surface area contributed by atoms with Crippen LogP contribution in [0.25, 0.3) is 0 Å². The van der Waals surface area contributed by atoms with E-state index in [-0.39, 0.29) is 6.04 Å². The zero-order chi connectivity index (χ0) is 12.3. The Morgan fingerprint density at radius 1 is 1.41 bits per heavy atom. The molecule has 0 radical (unpaired) electrons. The van der Waals surface area contributed by atoms with Crippen molar-refractivity contribution >= 4 is 11.6 Å². The van der Waals surface area contributed by atoms with Crippen LogP contribution in [0.3, 0.4) is 0 Å². The monoisotopic (exact) mass is 250 g/mol. The number of hydrogen-bond acceptors (Lipinski definition) is 3. The van der Waals surface area contributed by atoms with E-state index in [1.807, 2.05) is 42.1 Å². The van der Waals surface area contributed by atoms with Crippen molar-refractivity contribution in [3.8, 4) is 0 Å². The Morgan fingerprint density at radius 3 is 2.65 bits per heavy atom. The molecule has 90 valence electrons. The van der Waals surface area contributed by atoms with Gasteiger partial charge >= 0.3 is 0 Å². The molecule has 0 spiro atoms. The number of nitrogens with two attached hydrogens (primary N) is 1. The Bertz CT molecular complexity index is 478. The molecule has 0 aliphatic rings. The highest BCUT2D eigenvalue weighted by atomic mass is 35.5. The fraction of sp³-hybridized carbons (Fsp3) is 0.250. The van der Waals surface area contributed by atoms with Crippen molar-refractivity contribution in [2.75, 3.05) is 0 Å². The first kappa shape index (κ1) is 12.1. The summed E-state index contributed by atoms with van der Waals surface area (Å²) in [6.45, 7) is 0. The Labute approximate surface area is 105 Å². The van der Waals surface area contributed by atoms with Crippen molar-refractivity contribution in [2.45, 2.75) is 12.5 Å². The van der Waals surface area contributed by atoms with Gasteiger partial charge in [0.15, 0.2) is 0 Å². The number of nitrogens with zero attached hydrogens (tertiary/aromatic N) is 2. The third kappa shape index (κ3) is 2.85. The molecule has 3 N–H and O–H groups in total. The van der Waals surface area contributed by atoms with Crippen molar-refractivity contribution in [3.63, 3.8) is 0 Å². The Balaban J connectivity index is 2.16. The zero-order valence-corrected chi connectivity index (χ0v) is 10.4. The molecule has 5 heteroatoms. The first-order valence-electron chi connectivity index (χ1n) is 5.38. The van der Waals surface area contributed by atoms with E-state index in [2.05, 4.69) is 10.4 Å². The maximum absolute atomic E-state index is 5.85. The molecule has 0 aliphatic heterocycles. The van der Waals surface area contributed by atoms with Gasteiger partial charge in [-0.2, -0.15) is 0 Å². The van der Waals surface area contributed by atoms with Crippen molar-refractivity contribution in [2.24, 2.45) is 12.9 Å². The minimum Gasteiger partial charge on any atom is -0.337 e. The number of hydrogen-bond donors (Lipinski definition) is 2. The van der Waals surface area contributed by atoms with E-state index < -0.39 is 0 Å². The lowest BCUT2D eigenvalue weighted by atomic mass is 10.1. The molecule has 0 aliphatic carbocycles. The summed E-state index contributed by atoms with van der Waals surface area (Å²) in [7, 11) is 1.95. The molecular weight excluding hydrogens is 236 g/mol. The first-order chi connectivity index (χ1) is 8.20. The van der Waals surface area contributed by atoms with E-state index in [9.17, 15) is 0 Å². The van der Waals surface area contributed by atoms with E-state index >= 15 is 0 Å². The SMILES string of the molecule is Cn1ccnc1C(Cc1ccc(Cl)cc1)NN. The number of hydrazine groups is 1. The number of imidazole rings is 1. The molecule has 1 aromatic heterocycles. The van der Waals surface area contributed by atoms with Gasteiger partial charge in [-0.05, 0) is 24.1 Å². The zero-order valence-electron chi connectivity index (χ0n) is 9.60. The first-order valence-corrected chi connectivity index (χ1v) is 5.76. The molecule has 1 aromatic carbocycles. The minimum absolute atomic E-state index is 0.00354. The van der Waals surface area contributed by atoms with Gasteiger partial charge in [0.1, 0.15) is 5.82 Å². The van der Waals surface area contributed by atoms with Crippen LogP contribution < -0.4 is 11.3 Å². The van der Waals surface area contributed by atoms with Crippen LogP contribution >= 0.6 is 11.6 Å². The normalized spacial score (nSPS) is 12.6. The summed E-state index contributed by atoms with van der Waals surface area (Å²) in [6.07, 6.45) is 4.45. The van der Waals surface area contributed by atoms with Crippen LogP contribution in [0.15, 0.2) is 36.7 Å². The van der Waals surface area contributed by atoms with E-state index in [4.69, 9.17) is 17.4 Å². The van der Waals surface area contributed by atoms with Crippen LogP contribution in [0.5, 0.6) is 0 Å². The minimum atomic E-state index is -0.00354. The fourth-order valence-corrected chi connectivity index (χ4v) is 1.92. The second-order valence-electron chi connectivity index (χ2n) is 3.95. The van der Waals surface area contributed by atoms with Crippen LogP contribution in [0, 0.1) is 0 Å². The van der Waals surface area contributed by atoms with Gasteiger partial charge in [0.25, 0.3) is 0 Å². The van der Waals surface area contributed by atoms with Crippen LogP contribution in [0.4, 0.5) is 0 Å². The van der Waals surface area contributed by atoms with Gasteiger partial charge in [-0.25, -0.2) is 10.4 Å². The molecule has 1 heterocycles. The Kier molecular flexibility index (Phi) is 3.78. The maximum Gasteiger partial charge on any atom is 0.127 e. The average Bonchev–Trinajstić information content (AvgIpc) is 2.75. The third-order valence-corrected chi connectivity index (χ3v) is 2.98. The summed E-state index contributed by atoms with van der Waals surface area (Å²) in [5.74, 6) is 6.50. The summed E-state index contributed by atoms with van der Waals surface area (Å²) in [6, 6.07) is 7.74. The van der Waals surface area contributed by atoms with Crippen molar-refractivity contribution in [1.29, 1.82) is 0 Å². The predicted molar refractivity (Wildman–Crippen MR) is 68.4 cm³/mol. The number of rotatable bonds is 4. The number of nitrogens with one attached hydrogen (secondary N) is 1. The smallest absolute Gasteiger partial charge is 0.127 e. The largest absolute Gasteiger partial charge is 0.337 e. The van der Waals surface area contributed by atoms with Crippen LogP contribution in [0.1, 0.15) is 17.4 Å². The summed E-state index contributed by atoms with van der Waals surface area (Å²) in [4.78, 5) is 4.30. The van der Waals surface area contributed by atoms with Gasteiger partial charge in [0.05, 0.1) is 6.04 Å². The average molecular weight is 251 g/mol. The standard InChI is InChI=1S/C12H15ClN4/c1-17-7-6-15-12(17)11(16-14)8-9-2-4-10(13)5-3-9/h2-7,11,16H,8,14H2,1H3. The summed E-state index contributed by atoms with van der Waals surface area (Å²) in [5, 5.41) is 0.739. The van der Waals surface area contributed by atoms with Crippen molar-refractivity contribution in [3.05, 3.63) is 53.1 Å². The number of benzene rings is 1. The quantitative estimate of drug-likeness (QED) is 0.643. The van der Waals surface area contributed by atoms with Crippen LogP contribution in [-0.4, -0.2) is 9.55 Å². The van der Waals surface area contributed by atoms with Gasteiger partial charge < -0.3 is 4.57 Å². The van der Waals surface area contributed by atoms with Gasteiger partial charge in [0, 0.05) is 24.5 Å². The highest BCUT2D eigenvalue weighted by molar-refractivity contribution is 6.30. The van der Waals surface area contributed by atoms with Gasteiger partial charge in [0.2, 0.25) is 0 Å². The van der Waals surface area contributed by atoms with E-state index in [0.717, 1.165) is 17.3 Å². The summed E-state index contributed by atoms with van der Waals surface area (Å²) < 4.78 is 1.96. The van der Waals surface area contributed by atoms with E-state index in [1.165, 1.54) is 5.56 Å². The van der Waals surface area contributed by atoms with E-state index in [1.54, 1.807) is 6.20 Å². The highest BCUT2D eigenvalue weighted by Gasteiger charge is 2.14. The number of aromatic nitrogens is 2. The lowest BCUT2D eigenvalue weighted by molar-refractivity contribution is 0.507. The Morgan fingerprint density at radius 2 is 2.12 bits per heavy atom. The molecule has 0 fully saturated rings. The van der Waals surface area contributed by atoms with Crippen LogP contribution in [0.2, 0.25) is 5.02 Å². The lowest BCUT2D eigenvalue weighted by Gasteiger charge is -2.15. The molecule has 1 atom stereocenters. The Hall–Kier alpha value is -1.36. The number of halogens is 1. The molecule has 17 heavy (non-hydrogen) atoms. The van der Waals surface area contributed by atoms with Crippen molar-refractivity contribution in [1.82, 2.24) is 15.0 Å². The lowest BCUT2D eigenvalue weighted by Crippen LogP contribution is -2.31. The summed E-state index contributed by atoms with van der Waals surface area (Å²) >= 11 is 5.85. The third-order valence-electron chi connectivity index (χ3n) is 2.72. The highest BCUT2D eigenvalue weighted by Crippen LogP contribution is 2.17. The topological polar surface area (TPSA) is 55.9 Å². The summed E-state index contributed by atoms with van der Waals surface area (Å²) in [5.41, 5.74) is 3.96. The molecule has 0 saturated heterocycles. The van der Waals surface area contributed by atoms with Crippen molar-refractivity contribution < 1.29 is 0 Å². The second-order valence-corrected chi connectivity index (χ2v) is 4.38. The maximum atomic E-state index is 5.85. The molecule has 2 aromatic rings. The molecule has 1 unspecified atom stereocenters. The van der Waals surface area contributed by atoms with E-state index in [0.29, 0.717) is 0 Å². The molecule has 4 nitrogen and oxygen atoms in total. The predicted octanol–water partition coefficient (Wildman–Crippen LogP) is 1.82.